The van der Waals surface area contributed by atoms with Crippen LogP contribution in [0.1, 0.15) is 31.9 Å². The highest BCUT2D eigenvalue weighted by Crippen LogP contribution is 2.40. The van der Waals surface area contributed by atoms with Gasteiger partial charge < -0.3 is 19.9 Å². The standard InChI is InChI=1S/C14H23NO3/c1-6-9(2)13(15)10-7-11(16-3)14(18-5)12(8-10)17-4/h7-9,13H,6,15H2,1-5H3/t9?,13-/m1/s1. The van der Waals surface area contributed by atoms with Crippen LogP contribution in [0.15, 0.2) is 12.1 Å². The lowest BCUT2D eigenvalue weighted by atomic mass is 9.93. The molecule has 0 heterocycles. The Morgan fingerprint density at radius 1 is 1.06 bits per heavy atom. The molecule has 0 spiro atoms. The first kappa shape index (κ1) is 14.6. The highest BCUT2D eigenvalue weighted by molar-refractivity contribution is 5.54. The normalized spacial score (nSPS) is 13.9. The highest BCUT2D eigenvalue weighted by Gasteiger charge is 2.19. The van der Waals surface area contributed by atoms with Gasteiger partial charge in [-0.3, -0.25) is 0 Å². The fraction of sp³-hybridized carbons (Fsp3) is 0.571. The van der Waals surface area contributed by atoms with Crippen molar-refractivity contribution in [2.24, 2.45) is 11.7 Å². The molecule has 0 saturated carbocycles. The van der Waals surface area contributed by atoms with Crippen molar-refractivity contribution < 1.29 is 14.2 Å². The van der Waals surface area contributed by atoms with E-state index >= 15 is 0 Å². The van der Waals surface area contributed by atoms with Crippen LogP contribution in [0, 0.1) is 5.92 Å². The lowest BCUT2D eigenvalue weighted by Crippen LogP contribution is -2.18. The first-order chi connectivity index (χ1) is 8.58. The SMILES string of the molecule is CCC(C)[C@@H](N)c1cc(OC)c(OC)c(OC)c1. The van der Waals surface area contributed by atoms with Crippen molar-refractivity contribution in [2.75, 3.05) is 21.3 Å². The number of benzene rings is 1. The van der Waals surface area contributed by atoms with E-state index in [0.29, 0.717) is 23.2 Å². The van der Waals surface area contributed by atoms with Crippen molar-refractivity contribution in [3.63, 3.8) is 0 Å². The van der Waals surface area contributed by atoms with Crippen LogP contribution >= 0.6 is 0 Å². The van der Waals surface area contributed by atoms with Crippen LogP contribution in [-0.2, 0) is 0 Å². The Morgan fingerprint density at radius 2 is 1.56 bits per heavy atom. The number of nitrogens with two attached hydrogens (primary N) is 1. The monoisotopic (exact) mass is 253 g/mol. The van der Waals surface area contributed by atoms with Gasteiger partial charge in [0.25, 0.3) is 0 Å². The zero-order valence-electron chi connectivity index (χ0n) is 11.8. The van der Waals surface area contributed by atoms with Crippen LogP contribution in [0.2, 0.25) is 0 Å². The molecule has 1 rings (SSSR count). The third-order valence-corrected chi connectivity index (χ3v) is 3.33. The van der Waals surface area contributed by atoms with Crippen LogP contribution in [0.4, 0.5) is 0 Å². The van der Waals surface area contributed by atoms with E-state index < -0.39 is 0 Å². The lowest BCUT2D eigenvalue weighted by molar-refractivity contribution is 0.322. The third kappa shape index (κ3) is 2.88. The topological polar surface area (TPSA) is 53.7 Å². The van der Waals surface area contributed by atoms with Gasteiger partial charge in [-0.15, -0.1) is 0 Å². The van der Waals surface area contributed by atoms with Gasteiger partial charge >= 0.3 is 0 Å². The second kappa shape index (κ2) is 6.50. The summed E-state index contributed by atoms with van der Waals surface area (Å²) in [7, 11) is 4.81. The number of ether oxygens (including phenoxy) is 3. The minimum atomic E-state index is -0.0382. The van der Waals surface area contributed by atoms with E-state index in [1.54, 1.807) is 21.3 Å². The lowest BCUT2D eigenvalue weighted by Gasteiger charge is -2.21. The summed E-state index contributed by atoms with van der Waals surface area (Å²) in [6.45, 7) is 4.26. The van der Waals surface area contributed by atoms with Crippen LogP contribution in [0.5, 0.6) is 17.2 Å². The summed E-state index contributed by atoms with van der Waals surface area (Å²) in [5.74, 6) is 2.28. The Hall–Kier alpha value is -1.42. The van der Waals surface area contributed by atoms with Gasteiger partial charge in [0.1, 0.15) is 0 Å². The summed E-state index contributed by atoms with van der Waals surface area (Å²) < 4.78 is 15.9. The van der Waals surface area contributed by atoms with Crippen molar-refractivity contribution in [1.29, 1.82) is 0 Å². The average molecular weight is 253 g/mol. The Bertz CT molecular complexity index is 368. The van der Waals surface area contributed by atoms with Gasteiger partial charge in [0.2, 0.25) is 5.75 Å². The molecular weight excluding hydrogens is 230 g/mol. The minimum absolute atomic E-state index is 0.0382. The van der Waals surface area contributed by atoms with E-state index in [1.165, 1.54) is 0 Å². The van der Waals surface area contributed by atoms with Gasteiger partial charge in [-0.25, -0.2) is 0 Å². The van der Waals surface area contributed by atoms with Gasteiger partial charge in [-0.2, -0.15) is 0 Å². The van der Waals surface area contributed by atoms with Crippen LogP contribution < -0.4 is 19.9 Å². The van der Waals surface area contributed by atoms with E-state index in [9.17, 15) is 0 Å². The molecule has 1 unspecified atom stereocenters. The number of rotatable bonds is 6. The number of methoxy groups -OCH3 is 3. The maximum absolute atomic E-state index is 6.24. The molecule has 0 amide bonds. The average Bonchev–Trinajstić information content (AvgIpc) is 2.43. The molecule has 4 heteroatoms. The zero-order valence-corrected chi connectivity index (χ0v) is 11.8. The predicted molar refractivity (Wildman–Crippen MR) is 72.5 cm³/mol. The van der Waals surface area contributed by atoms with E-state index in [-0.39, 0.29) is 6.04 Å². The zero-order chi connectivity index (χ0) is 13.7. The largest absolute Gasteiger partial charge is 0.493 e. The molecule has 2 atom stereocenters. The molecule has 0 radical (unpaired) electrons. The van der Waals surface area contributed by atoms with Crippen molar-refractivity contribution in [2.45, 2.75) is 26.3 Å². The smallest absolute Gasteiger partial charge is 0.203 e. The van der Waals surface area contributed by atoms with Crippen LogP contribution in [0.3, 0.4) is 0 Å². The number of hydrogen-bond donors (Lipinski definition) is 1. The summed E-state index contributed by atoms with van der Waals surface area (Å²) in [6, 6.07) is 3.79. The quantitative estimate of drug-likeness (QED) is 0.847. The Labute approximate surface area is 109 Å². The van der Waals surface area contributed by atoms with Gasteiger partial charge in [0.15, 0.2) is 11.5 Å². The molecule has 0 aliphatic rings. The molecule has 0 saturated heterocycles. The fourth-order valence-electron chi connectivity index (χ4n) is 1.88. The van der Waals surface area contributed by atoms with Crippen LogP contribution in [0.25, 0.3) is 0 Å². The van der Waals surface area contributed by atoms with Crippen molar-refractivity contribution in [3.05, 3.63) is 17.7 Å². The molecule has 0 aliphatic carbocycles. The van der Waals surface area contributed by atoms with E-state index in [2.05, 4.69) is 13.8 Å². The van der Waals surface area contributed by atoms with Crippen molar-refractivity contribution in [1.82, 2.24) is 0 Å². The van der Waals surface area contributed by atoms with Crippen molar-refractivity contribution in [3.8, 4) is 17.2 Å². The molecule has 1 aromatic carbocycles. The third-order valence-electron chi connectivity index (χ3n) is 3.33. The van der Waals surface area contributed by atoms with E-state index in [0.717, 1.165) is 12.0 Å². The summed E-state index contributed by atoms with van der Waals surface area (Å²) in [5, 5.41) is 0. The Kier molecular flexibility index (Phi) is 5.28. The fourth-order valence-corrected chi connectivity index (χ4v) is 1.88. The van der Waals surface area contributed by atoms with E-state index in [1.807, 2.05) is 12.1 Å². The Balaban J connectivity index is 3.22. The number of hydrogen-bond acceptors (Lipinski definition) is 4. The first-order valence-corrected chi connectivity index (χ1v) is 6.14. The maximum atomic E-state index is 6.24. The van der Waals surface area contributed by atoms with Gasteiger partial charge in [-0.1, -0.05) is 20.3 Å². The summed E-state index contributed by atoms with van der Waals surface area (Å²) in [5.41, 5.74) is 7.23. The molecule has 0 bridgehead atoms. The first-order valence-electron chi connectivity index (χ1n) is 6.14. The second-order valence-corrected chi connectivity index (χ2v) is 4.37. The Morgan fingerprint density at radius 3 is 1.89 bits per heavy atom. The molecule has 102 valence electrons. The molecule has 2 N–H and O–H groups in total. The van der Waals surface area contributed by atoms with Crippen molar-refractivity contribution >= 4 is 0 Å². The maximum Gasteiger partial charge on any atom is 0.203 e. The molecule has 1 aromatic rings. The summed E-state index contributed by atoms with van der Waals surface area (Å²) in [4.78, 5) is 0. The molecule has 0 aliphatic heterocycles. The van der Waals surface area contributed by atoms with Gasteiger partial charge in [-0.05, 0) is 23.6 Å². The molecule has 0 fully saturated rings. The second-order valence-electron chi connectivity index (χ2n) is 4.37. The minimum Gasteiger partial charge on any atom is -0.493 e. The van der Waals surface area contributed by atoms with Crippen LogP contribution in [-0.4, -0.2) is 21.3 Å². The highest BCUT2D eigenvalue weighted by atomic mass is 16.5. The molecule has 4 nitrogen and oxygen atoms in total. The van der Waals surface area contributed by atoms with Gasteiger partial charge in [0, 0.05) is 6.04 Å². The predicted octanol–water partition coefficient (Wildman–Crippen LogP) is 2.76. The summed E-state index contributed by atoms with van der Waals surface area (Å²) in [6.07, 6.45) is 1.03. The molecule has 18 heavy (non-hydrogen) atoms. The summed E-state index contributed by atoms with van der Waals surface area (Å²) >= 11 is 0. The molecule has 0 aromatic heterocycles. The molecular formula is C14H23NO3. The van der Waals surface area contributed by atoms with E-state index in [4.69, 9.17) is 19.9 Å². The van der Waals surface area contributed by atoms with Gasteiger partial charge in [0.05, 0.1) is 21.3 Å².